The zero-order valence-corrected chi connectivity index (χ0v) is 15.5. The summed E-state index contributed by atoms with van der Waals surface area (Å²) >= 11 is 0. The molecular weight excluding hydrogens is 326 g/mol. The first-order chi connectivity index (χ1) is 12.6. The van der Waals surface area contributed by atoms with Gasteiger partial charge < -0.3 is 19.9 Å². The molecule has 0 fully saturated rings. The van der Waals surface area contributed by atoms with Crippen molar-refractivity contribution in [1.82, 2.24) is 10.3 Å². The van der Waals surface area contributed by atoms with Crippen molar-refractivity contribution in [3.8, 4) is 0 Å². The maximum absolute atomic E-state index is 11.9. The number of amides is 1. The molecule has 1 amide bonds. The van der Waals surface area contributed by atoms with Crippen LogP contribution in [0.1, 0.15) is 17.0 Å². The van der Waals surface area contributed by atoms with E-state index < -0.39 is 0 Å². The largest absolute Gasteiger partial charge is 0.378 e. The number of carbonyl (C=O) groups excluding carboxylic acids is 1. The van der Waals surface area contributed by atoms with Gasteiger partial charge in [0.1, 0.15) is 6.61 Å². The third-order valence-corrected chi connectivity index (χ3v) is 4.59. The first kappa shape index (κ1) is 18.0. The number of fused-ring (bicyclic) bond motifs is 1. The number of benzene rings is 2. The predicted molar refractivity (Wildman–Crippen MR) is 106 cm³/mol. The Labute approximate surface area is 154 Å². The molecule has 1 atom stereocenters. The SMILES string of the molecule is COCC(=O)NCC(c1ccc(N(C)C)cc1)c1c[nH]c2ccccc12. The summed E-state index contributed by atoms with van der Waals surface area (Å²) in [7, 11) is 5.57. The van der Waals surface area contributed by atoms with Gasteiger partial charge in [0, 0.05) is 56.5 Å². The van der Waals surface area contributed by atoms with Crippen LogP contribution in [0.4, 0.5) is 5.69 Å². The second-order valence-corrected chi connectivity index (χ2v) is 6.57. The highest BCUT2D eigenvalue weighted by molar-refractivity contribution is 5.84. The van der Waals surface area contributed by atoms with Crippen molar-refractivity contribution < 1.29 is 9.53 Å². The van der Waals surface area contributed by atoms with Crippen LogP contribution in [0, 0.1) is 0 Å². The molecule has 0 aliphatic carbocycles. The Bertz CT molecular complexity index is 868. The molecule has 2 aromatic carbocycles. The second-order valence-electron chi connectivity index (χ2n) is 6.57. The van der Waals surface area contributed by atoms with Crippen molar-refractivity contribution >= 4 is 22.5 Å². The number of aromatic nitrogens is 1. The number of nitrogens with zero attached hydrogens (tertiary/aromatic N) is 1. The molecule has 136 valence electrons. The molecule has 0 radical (unpaired) electrons. The number of hydrogen-bond acceptors (Lipinski definition) is 3. The highest BCUT2D eigenvalue weighted by Gasteiger charge is 2.19. The summed E-state index contributed by atoms with van der Waals surface area (Å²) in [5.41, 5.74) is 4.59. The van der Waals surface area contributed by atoms with Crippen LogP contribution in [0.15, 0.2) is 54.7 Å². The number of ether oxygens (including phenoxy) is 1. The molecule has 5 nitrogen and oxygen atoms in total. The summed E-state index contributed by atoms with van der Waals surface area (Å²) in [4.78, 5) is 17.3. The number of para-hydroxylation sites is 1. The van der Waals surface area contributed by atoms with E-state index in [4.69, 9.17) is 4.74 Å². The standard InChI is InChI=1S/C21H25N3O2/c1-24(2)16-10-8-15(9-11-16)18(12-23-21(25)14-26-3)19-13-22-20-7-5-4-6-17(19)20/h4-11,13,18,22H,12,14H2,1-3H3,(H,23,25). The van der Waals surface area contributed by atoms with Crippen LogP contribution < -0.4 is 10.2 Å². The van der Waals surface area contributed by atoms with Gasteiger partial charge in [0.2, 0.25) is 5.91 Å². The van der Waals surface area contributed by atoms with E-state index in [1.807, 2.05) is 32.4 Å². The molecule has 0 saturated heterocycles. The molecule has 1 heterocycles. The van der Waals surface area contributed by atoms with Gasteiger partial charge >= 0.3 is 0 Å². The lowest BCUT2D eigenvalue weighted by Gasteiger charge is -2.20. The van der Waals surface area contributed by atoms with Crippen molar-refractivity contribution in [1.29, 1.82) is 0 Å². The van der Waals surface area contributed by atoms with Crippen LogP contribution in [0.2, 0.25) is 0 Å². The minimum Gasteiger partial charge on any atom is -0.378 e. The minimum atomic E-state index is -0.109. The smallest absolute Gasteiger partial charge is 0.246 e. The van der Waals surface area contributed by atoms with E-state index in [0.717, 1.165) is 16.8 Å². The summed E-state index contributed by atoms with van der Waals surface area (Å²) in [6.07, 6.45) is 2.04. The average Bonchev–Trinajstić information content (AvgIpc) is 3.07. The van der Waals surface area contributed by atoms with Crippen molar-refractivity contribution in [2.75, 3.05) is 39.3 Å². The summed E-state index contributed by atoms with van der Waals surface area (Å²) in [5, 5.41) is 4.16. The van der Waals surface area contributed by atoms with Crippen molar-refractivity contribution in [2.45, 2.75) is 5.92 Å². The molecule has 0 saturated carbocycles. The van der Waals surface area contributed by atoms with Gasteiger partial charge in [0.05, 0.1) is 0 Å². The van der Waals surface area contributed by atoms with E-state index in [1.54, 1.807) is 0 Å². The van der Waals surface area contributed by atoms with Crippen LogP contribution in [0.3, 0.4) is 0 Å². The van der Waals surface area contributed by atoms with Crippen LogP contribution in [-0.4, -0.2) is 45.2 Å². The van der Waals surface area contributed by atoms with Crippen LogP contribution in [0.5, 0.6) is 0 Å². The van der Waals surface area contributed by atoms with Gasteiger partial charge in [0.25, 0.3) is 0 Å². The Morgan fingerprint density at radius 1 is 1.15 bits per heavy atom. The minimum absolute atomic E-state index is 0.0585. The Balaban J connectivity index is 1.94. The van der Waals surface area contributed by atoms with Crippen LogP contribution in [-0.2, 0) is 9.53 Å². The number of nitrogens with one attached hydrogen (secondary N) is 2. The average molecular weight is 351 g/mol. The molecule has 0 bridgehead atoms. The fourth-order valence-corrected chi connectivity index (χ4v) is 3.19. The highest BCUT2D eigenvalue weighted by Crippen LogP contribution is 2.31. The van der Waals surface area contributed by atoms with Crippen LogP contribution >= 0.6 is 0 Å². The number of methoxy groups -OCH3 is 1. The van der Waals surface area contributed by atoms with Gasteiger partial charge in [-0.2, -0.15) is 0 Å². The number of carbonyl (C=O) groups is 1. The first-order valence-corrected chi connectivity index (χ1v) is 8.69. The molecule has 2 N–H and O–H groups in total. The van der Waals surface area contributed by atoms with Gasteiger partial charge in [-0.05, 0) is 29.3 Å². The lowest BCUT2D eigenvalue weighted by Crippen LogP contribution is -2.31. The van der Waals surface area contributed by atoms with E-state index in [1.165, 1.54) is 18.1 Å². The Morgan fingerprint density at radius 3 is 2.58 bits per heavy atom. The monoisotopic (exact) mass is 351 g/mol. The zero-order chi connectivity index (χ0) is 18.5. The van der Waals surface area contributed by atoms with Gasteiger partial charge in [-0.25, -0.2) is 0 Å². The molecule has 5 heteroatoms. The van der Waals surface area contributed by atoms with E-state index in [9.17, 15) is 4.79 Å². The number of anilines is 1. The molecular formula is C21H25N3O2. The molecule has 0 spiro atoms. The highest BCUT2D eigenvalue weighted by atomic mass is 16.5. The summed E-state index contributed by atoms with van der Waals surface area (Å²) < 4.78 is 4.92. The second kappa shape index (κ2) is 8.06. The van der Waals surface area contributed by atoms with E-state index in [-0.39, 0.29) is 18.4 Å². The summed E-state index contributed by atoms with van der Waals surface area (Å²) in [5.74, 6) is -0.0505. The fourth-order valence-electron chi connectivity index (χ4n) is 3.19. The van der Waals surface area contributed by atoms with E-state index >= 15 is 0 Å². The number of hydrogen-bond donors (Lipinski definition) is 2. The Kier molecular flexibility index (Phi) is 5.58. The lowest BCUT2D eigenvalue weighted by atomic mass is 9.90. The molecule has 0 aliphatic heterocycles. The van der Waals surface area contributed by atoms with E-state index in [0.29, 0.717) is 6.54 Å². The maximum Gasteiger partial charge on any atom is 0.246 e. The third kappa shape index (κ3) is 3.89. The summed E-state index contributed by atoms with van der Waals surface area (Å²) in [6, 6.07) is 16.7. The van der Waals surface area contributed by atoms with Gasteiger partial charge in [-0.3, -0.25) is 4.79 Å². The third-order valence-electron chi connectivity index (χ3n) is 4.59. The Hall–Kier alpha value is -2.79. The molecule has 3 aromatic rings. The first-order valence-electron chi connectivity index (χ1n) is 8.69. The van der Waals surface area contributed by atoms with Crippen molar-refractivity contribution in [3.05, 3.63) is 65.9 Å². The Morgan fingerprint density at radius 2 is 1.88 bits per heavy atom. The fraction of sp³-hybridized carbons (Fsp3) is 0.286. The zero-order valence-electron chi connectivity index (χ0n) is 15.5. The molecule has 1 aromatic heterocycles. The topological polar surface area (TPSA) is 57.4 Å². The number of rotatable bonds is 7. The predicted octanol–water partition coefficient (Wildman–Crippen LogP) is 3.13. The van der Waals surface area contributed by atoms with Gasteiger partial charge in [-0.1, -0.05) is 30.3 Å². The van der Waals surface area contributed by atoms with Gasteiger partial charge in [-0.15, -0.1) is 0 Å². The van der Waals surface area contributed by atoms with Crippen molar-refractivity contribution in [3.63, 3.8) is 0 Å². The van der Waals surface area contributed by atoms with Crippen molar-refractivity contribution in [2.24, 2.45) is 0 Å². The van der Waals surface area contributed by atoms with E-state index in [2.05, 4.69) is 51.6 Å². The normalized spacial score (nSPS) is 12.1. The quantitative estimate of drug-likeness (QED) is 0.688. The van der Waals surface area contributed by atoms with Crippen LogP contribution in [0.25, 0.3) is 10.9 Å². The maximum atomic E-state index is 11.9. The summed E-state index contributed by atoms with van der Waals surface area (Å²) in [6.45, 7) is 0.589. The number of aromatic amines is 1. The van der Waals surface area contributed by atoms with Gasteiger partial charge in [0.15, 0.2) is 0 Å². The molecule has 1 unspecified atom stereocenters. The lowest BCUT2D eigenvalue weighted by molar-refractivity contribution is -0.124. The molecule has 3 rings (SSSR count). The molecule has 0 aliphatic rings. The number of H-pyrrole nitrogens is 1. The molecule has 26 heavy (non-hydrogen) atoms.